The maximum Gasteiger partial charge on any atom is 0.267 e. The van der Waals surface area contributed by atoms with Crippen LogP contribution >= 0.6 is 11.3 Å². The van der Waals surface area contributed by atoms with Crippen molar-refractivity contribution in [1.82, 2.24) is 15.0 Å². The van der Waals surface area contributed by atoms with Crippen LogP contribution in [0.4, 0.5) is 11.6 Å². The van der Waals surface area contributed by atoms with Gasteiger partial charge in [-0.25, -0.2) is 15.0 Å². The number of thiophene rings is 1. The number of nitrogens with one attached hydrogen (secondary N) is 1. The molecule has 0 aromatic carbocycles. The van der Waals surface area contributed by atoms with Gasteiger partial charge in [0.05, 0.1) is 10.3 Å². The van der Waals surface area contributed by atoms with Gasteiger partial charge in [0.15, 0.2) is 0 Å². The number of hydrogen-bond donors (Lipinski definition) is 2. The van der Waals surface area contributed by atoms with E-state index in [1.165, 1.54) is 11.3 Å². The largest absolute Gasteiger partial charge is 0.383 e. The molecule has 3 aromatic rings. The minimum atomic E-state index is -0.209. The van der Waals surface area contributed by atoms with Crippen molar-refractivity contribution in [3.05, 3.63) is 40.2 Å². The highest BCUT2D eigenvalue weighted by Crippen LogP contribution is 2.32. The van der Waals surface area contributed by atoms with Crippen LogP contribution in [0.3, 0.4) is 0 Å². The lowest BCUT2D eigenvalue weighted by Gasteiger charge is -2.04. The number of aromatic nitrogens is 3. The Bertz CT molecular complexity index is 886. The quantitative estimate of drug-likeness (QED) is 0.771. The summed E-state index contributed by atoms with van der Waals surface area (Å²) in [6.07, 6.45) is 2.67. The predicted molar refractivity (Wildman–Crippen MR) is 92.9 cm³/mol. The van der Waals surface area contributed by atoms with Crippen LogP contribution in [0.15, 0.2) is 18.3 Å². The normalized spacial score (nSPS) is 10.9. The second-order valence-electron chi connectivity index (χ2n) is 5.25. The van der Waals surface area contributed by atoms with Gasteiger partial charge in [0.2, 0.25) is 0 Å². The van der Waals surface area contributed by atoms with Crippen molar-refractivity contribution in [1.29, 1.82) is 0 Å². The number of rotatable bonds is 3. The first-order valence-electron chi connectivity index (χ1n) is 7.29. The first kappa shape index (κ1) is 15.4. The number of anilines is 2. The van der Waals surface area contributed by atoms with Crippen LogP contribution in [0.5, 0.6) is 0 Å². The van der Waals surface area contributed by atoms with E-state index >= 15 is 0 Å². The third kappa shape index (κ3) is 2.87. The van der Waals surface area contributed by atoms with E-state index in [-0.39, 0.29) is 5.91 Å². The minimum Gasteiger partial charge on any atom is -0.383 e. The van der Waals surface area contributed by atoms with E-state index < -0.39 is 0 Å². The zero-order valence-corrected chi connectivity index (χ0v) is 14.0. The maximum atomic E-state index is 12.5. The molecule has 0 aliphatic carbocycles. The molecule has 0 bridgehead atoms. The number of pyridine rings is 1. The second-order valence-corrected chi connectivity index (χ2v) is 6.25. The summed E-state index contributed by atoms with van der Waals surface area (Å²) in [5, 5.41) is 3.57. The van der Waals surface area contributed by atoms with Gasteiger partial charge in [0.1, 0.15) is 22.3 Å². The van der Waals surface area contributed by atoms with Crippen LogP contribution in [-0.4, -0.2) is 20.9 Å². The van der Waals surface area contributed by atoms with Gasteiger partial charge in [-0.1, -0.05) is 13.0 Å². The van der Waals surface area contributed by atoms with Crippen LogP contribution in [-0.2, 0) is 6.42 Å². The highest BCUT2D eigenvalue weighted by molar-refractivity contribution is 7.20. The van der Waals surface area contributed by atoms with Crippen molar-refractivity contribution in [2.75, 3.05) is 11.1 Å². The number of nitrogens with two attached hydrogens (primary N) is 1. The monoisotopic (exact) mass is 327 g/mol. The highest BCUT2D eigenvalue weighted by Gasteiger charge is 2.19. The number of nitrogen functional groups attached to an aromatic ring is 1. The molecule has 0 spiro atoms. The molecule has 0 aliphatic rings. The summed E-state index contributed by atoms with van der Waals surface area (Å²) in [5.74, 6) is 1.32. The molecule has 0 atom stereocenters. The Hall–Kier alpha value is -2.54. The van der Waals surface area contributed by atoms with E-state index in [4.69, 9.17) is 5.73 Å². The smallest absolute Gasteiger partial charge is 0.267 e. The fraction of sp³-hybridized carbons (Fsp3) is 0.250. The lowest BCUT2D eigenvalue weighted by molar-refractivity contribution is 0.102. The number of carbonyl (C=O) groups is 1. The first-order chi connectivity index (χ1) is 11.0. The van der Waals surface area contributed by atoms with Crippen molar-refractivity contribution < 1.29 is 4.79 Å². The SMILES string of the molecule is CCc1ccc(NC(=O)c2sc3nc(C)nc(N)c3c2C)nc1. The summed E-state index contributed by atoms with van der Waals surface area (Å²) in [4.78, 5) is 26.6. The number of fused-ring (bicyclic) bond motifs is 1. The van der Waals surface area contributed by atoms with Gasteiger partial charge < -0.3 is 11.1 Å². The molecule has 3 N–H and O–H groups in total. The zero-order valence-electron chi connectivity index (χ0n) is 13.2. The third-order valence-corrected chi connectivity index (χ3v) is 4.80. The summed E-state index contributed by atoms with van der Waals surface area (Å²) >= 11 is 1.32. The van der Waals surface area contributed by atoms with Crippen molar-refractivity contribution >= 4 is 39.1 Å². The molecule has 3 aromatic heterocycles. The Morgan fingerprint density at radius 3 is 2.74 bits per heavy atom. The van der Waals surface area contributed by atoms with E-state index in [9.17, 15) is 4.79 Å². The van der Waals surface area contributed by atoms with E-state index in [1.807, 2.05) is 13.0 Å². The molecule has 0 fully saturated rings. The average Bonchev–Trinajstić information content (AvgIpc) is 2.85. The summed E-state index contributed by atoms with van der Waals surface area (Å²) < 4.78 is 0. The topological polar surface area (TPSA) is 93.8 Å². The molecule has 0 radical (unpaired) electrons. The van der Waals surface area contributed by atoms with Crippen LogP contribution in [0.25, 0.3) is 10.2 Å². The molecule has 3 rings (SSSR count). The molecule has 7 heteroatoms. The minimum absolute atomic E-state index is 0.209. The molecule has 118 valence electrons. The van der Waals surface area contributed by atoms with Crippen molar-refractivity contribution in [3.8, 4) is 0 Å². The molecule has 6 nitrogen and oxygen atoms in total. The molecule has 1 amide bonds. The molecular formula is C16H17N5OS. The van der Waals surface area contributed by atoms with Gasteiger partial charge in [-0.05, 0) is 37.5 Å². The Morgan fingerprint density at radius 2 is 2.09 bits per heavy atom. The van der Waals surface area contributed by atoms with Crippen LogP contribution in [0.2, 0.25) is 0 Å². The van der Waals surface area contributed by atoms with E-state index in [0.29, 0.717) is 22.3 Å². The molecule has 0 aliphatic heterocycles. The van der Waals surface area contributed by atoms with Crippen LogP contribution in [0.1, 0.15) is 33.5 Å². The number of hydrogen-bond acceptors (Lipinski definition) is 6. The Morgan fingerprint density at radius 1 is 1.30 bits per heavy atom. The van der Waals surface area contributed by atoms with Gasteiger partial charge >= 0.3 is 0 Å². The molecule has 0 saturated carbocycles. The lowest BCUT2D eigenvalue weighted by Crippen LogP contribution is -2.12. The molecule has 0 unspecified atom stereocenters. The fourth-order valence-electron chi connectivity index (χ4n) is 2.38. The van der Waals surface area contributed by atoms with Crippen molar-refractivity contribution in [3.63, 3.8) is 0 Å². The van der Waals surface area contributed by atoms with Gasteiger partial charge in [-0.2, -0.15) is 0 Å². The molecule has 3 heterocycles. The summed E-state index contributed by atoms with van der Waals surface area (Å²) in [7, 11) is 0. The summed E-state index contributed by atoms with van der Waals surface area (Å²) in [6, 6.07) is 3.75. The number of amides is 1. The van der Waals surface area contributed by atoms with Crippen molar-refractivity contribution in [2.24, 2.45) is 0 Å². The number of aryl methyl sites for hydroxylation is 3. The Kier molecular flexibility index (Phi) is 3.96. The molecular weight excluding hydrogens is 310 g/mol. The standard InChI is InChI=1S/C16H17N5OS/c1-4-10-5-6-11(18-7-10)21-15(22)13-8(2)12-14(17)19-9(3)20-16(12)23-13/h5-7H,4H2,1-3H3,(H2,17,19,20)(H,18,21,22). The maximum absolute atomic E-state index is 12.5. The fourth-order valence-corrected chi connectivity index (χ4v) is 3.51. The highest BCUT2D eigenvalue weighted by atomic mass is 32.1. The summed E-state index contributed by atoms with van der Waals surface area (Å²) in [5.41, 5.74) is 7.89. The van der Waals surface area contributed by atoms with Gasteiger partial charge in [0, 0.05) is 6.20 Å². The van der Waals surface area contributed by atoms with Gasteiger partial charge in [-0.15, -0.1) is 11.3 Å². The Labute approximate surface area is 137 Å². The van der Waals surface area contributed by atoms with E-state index in [1.54, 1.807) is 19.2 Å². The number of nitrogens with zero attached hydrogens (tertiary/aromatic N) is 3. The van der Waals surface area contributed by atoms with Crippen LogP contribution < -0.4 is 11.1 Å². The Balaban J connectivity index is 1.94. The van der Waals surface area contributed by atoms with Crippen molar-refractivity contribution in [2.45, 2.75) is 27.2 Å². The molecule has 23 heavy (non-hydrogen) atoms. The van der Waals surface area contributed by atoms with E-state index in [0.717, 1.165) is 27.8 Å². The molecule has 0 saturated heterocycles. The first-order valence-corrected chi connectivity index (χ1v) is 8.10. The zero-order chi connectivity index (χ0) is 16.6. The van der Waals surface area contributed by atoms with E-state index in [2.05, 4.69) is 27.2 Å². The number of carbonyl (C=O) groups excluding carboxylic acids is 1. The van der Waals surface area contributed by atoms with Gasteiger partial charge in [0.25, 0.3) is 5.91 Å². The second kappa shape index (κ2) is 5.92. The lowest BCUT2D eigenvalue weighted by atomic mass is 10.2. The average molecular weight is 327 g/mol. The predicted octanol–water partition coefficient (Wildman–Crippen LogP) is 3.10. The van der Waals surface area contributed by atoms with Crippen LogP contribution in [0, 0.1) is 13.8 Å². The third-order valence-electron chi connectivity index (χ3n) is 3.61. The summed E-state index contributed by atoms with van der Waals surface area (Å²) in [6.45, 7) is 5.70. The van der Waals surface area contributed by atoms with Gasteiger partial charge in [-0.3, -0.25) is 4.79 Å².